The number of ketones is 1. The number of halogens is 3. The maximum absolute atomic E-state index is 13.4. The minimum Gasteiger partial charge on any atom is -0.507 e. The van der Waals surface area contributed by atoms with Gasteiger partial charge in [0.05, 0.1) is 43.5 Å². The molecule has 1 aliphatic heterocycles. The highest BCUT2D eigenvalue weighted by Gasteiger charge is 2.46. The Morgan fingerprint density at radius 2 is 1.63 bits per heavy atom. The molecule has 1 N–H and O–H groups in total. The summed E-state index contributed by atoms with van der Waals surface area (Å²) in [6.45, 7) is 0.111. The minimum atomic E-state index is -0.988. The lowest BCUT2D eigenvalue weighted by Gasteiger charge is -2.26. The molecule has 7 nitrogen and oxygen atoms in total. The second-order valence-electron chi connectivity index (χ2n) is 8.45. The molecule has 0 radical (unpaired) electrons. The van der Waals surface area contributed by atoms with Crippen LogP contribution in [0.1, 0.15) is 22.7 Å². The van der Waals surface area contributed by atoms with Crippen LogP contribution in [0, 0.1) is 5.82 Å². The fraction of sp³-hybridized carbons (Fsp3) is 0.214. The Hall–Kier alpha value is -3.75. The quantitative estimate of drug-likeness (QED) is 0.212. The van der Waals surface area contributed by atoms with Crippen molar-refractivity contribution in [2.75, 3.05) is 27.9 Å². The predicted octanol–water partition coefficient (Wildman–Crippen LogP) is 5.82. The first-order valence-corrected chi connectivity index (χ1v) is 12.2. The molecule has 1 heterocycles. The van der Waals surface area contributed by atoms with E-state index in [9.17, 15) is 19.1 Å². The molecule has 0 aliphatic carbocycles. The zero-order chi connectivity index (χ0) is 27.6. The van der Waals surface area contributed by atoms with Crippen LogP contribution in [-0.4, -0.2) is 49.6 Å². The molecule has 38 heavy (non-hydrogen) atoms. The van der Waals surface area contributed by atoms with Gasteiger partial charge in [0.15, 0.2) is 11.5 Å². The molecule has 3 aromatic rings. The van der Waals surface area contributed by atoms with E-state index >= 15 is 0 Å². The number of likely N-dealkylation sites (tertiary alicyclic amines) is 1. The molecule has 0 saturated carbocycles. The van der Waals surface area contributed by atoms with E-state index in [2.05, 4.69) is 0 Å². The van der Waals surface area contributed by atoms with Gasteiger partial charge in [-0.3, -0.25) is 9.59 Å². The molecule has 3 aromatic carbocycles. The number of benzene rings is 3. The van der Waals surface area contributed by atoms with Crippen molar-refractivity contribution in [3.8, 4) is 17.2 Å². The van der Waals surface area contributed by atoms with Gasteiger partial charge in [-0.15, -0.1) is 0 Å². The zero-order valence-corrected chi connectivity index (χ0v) is 22.3. The van der Waals surface area contributed by atoms with Crippen LogP contribution in [0.4, 0.5) is 4.39 Å². The van der Waals surface area contributed by atoms with Gasteiger partial charge in [0.1, 0.15) is 17.3 Å². The fourth-order valence-electron chi connectivity index (χ4n) is 4.47. The van der Waals surface area contributed by atoms with Gasteiger partial charge < -0.3 is 24.2 Å². The second-order valence-corrected chi connectivity index (χ2v) is 9.30. The van der Waals surface area contributed by atoms with Gasteiger partial charge >= 0.3 is 0 Å². The number of methoxy groups -OCH3 is 3. The van der Waals surface area contributed by atoms with Crippen molar-refractivity contribution in [1.29, 1.82) is 0 Å². The van der Waals surface area contributed by atoms with E-state index in [0.717, 1.165) is 5.56 Å². The highest BCUT2D eigenvalue weighted by atomic mass is 35.5. The highest BCUT2D eigenvalue weighted by Crippen LogP contribution is 2.44. The summed E-state index contributed by atoms with van der Waals surface area (Å²) in [4.78, 5) is 28.1. The van der Waals surface area contributed by atoms with Gasteiger partial charge in [-0.1, -0.05) is 41.4 Å². The average molecular weight is 560 g/mol. The first-order valence-electron chi connectivity index (χ1n) is 11.5. The van der Waals surface area contributed by atoms with Gasteiger partial charge in [-0.25, -0.2) is 4.39 Å². The van der Waals surface area contributed by atoms with Crippen molar-refractivity contribution in [1.82, 2.24) is 4.90 Å². The Labute approximate surface area is 228 Å². The first-order chi connectivity index (χ1) is 18.2. The Kier molecular flexibility index (Phi) is 8.14. The van der Waals surface area contributed by atoms with Crippen LogP contribution in [0.15, 0.2) is 60.2 Å². The molecule has 198 valence electrons. The summed E-state index contributed by atoms with van der Waals surface area (Å²) in [5.74, 6) is -1.65. The summed E-state index contributed by atoms with van der Waals surface area (Å²) in [7, 11) is 4.31. The van der Waals surface area contributed by atoms with Crippen LogP contribution in [0.5, 0.6) is 17.2 Å². The van der Waals surface area contributed by atoms with E-state index < -0.39 is 23.5 Å². The van der Waals surface area contributed by atoms with E-state index in [-0.39, 0.29) is 39.3 Å². The van der Waals surface area contributed by atoms with E-state index in [1.54, 1.807) is 30.3 Å². The van der Waals surface area contributed by atoms with Crippen molar-refractivity contribution in [3.05, 3.63) is 92.7 Å². The topological polar surface area (TPSA) is 85.3 Å². The van der Waals surface area contributed by atoms with Gasteiger partial charge in [-0.2, -0.15) is 0 Å². The van der Waals surface area contributed by atoms with Crippen LogP contribution >= 0.6 is 23.2 Å². The molecule has 10 heteroatoms. The molecular formula is C28H24Cl2FNO6. The number of Topliss-reactive ketones (excluding diaryl/α,β-unsaturated/α-hetero) is 1. The molecule has 1 fully saturated rings. The van der Waals surface area contributed by atoms with Crippen molar-refractivity contribution in [2.45, 2.75) is 12.5 Å². The summed E-state index contributed by atoms with van der Waals surface area (Å²) in [5, 5.41) is 11.8. The number of carbonyl (C=O) groups is 2. The molecule has 0 aromatic heterocycles. The summed E-state index contributed by atoms with van der Waals surface area (Å²) < 4.78 is 29.5. The Bertz CT molecular complexity index is 1420. The van der Waals surface area contributed by atoms with Gasteiger partial charge in [0, 0.05) is 11.6 Å². The lowest BCUT2D eigenvalue weighted by atomic mass is 9.94. The SMILES string of the molecule is COc1ccc(C2/C(=C(\O)c3cc(Cl)cc(Cl)c3OC)C(=O)C(=O)N2CCc2ccc(F)cc2)cc1OC. The molecule has 4 rings (SSSR count). The summed E-state index contributed by atoms with van der Waals surface area (Å²) in [6, 6.07) is 12.7. The first kappa shape index (κ1) is 27.3. The molecule has 0 bridgehead atoms. The predicted molar refractivity (Wildman–Crippen MR) is 142 cm³/mol. The zero-order valence-electron chi connectivity index (χ0n) is 20.8. The van der Waals surface area contributed by atoms with E-state index in [0.29, 0.717) is 23.5 Å². The Morgan fingerprint density at radius 3 is 2.26 bits per heavy atom. The number of hydrogen-bond donors (Lipinski definition) is 1. The molecule has 1 atom stereocenters. The molecule has 1 aliphatic rings. The third-order valence-corrected chi connectivity index (χ3v) is 6.78. The lowest BCUT2D eigenvalue weighted by molar-refractivity contribution is -0.139. The molecule has 1 unspecified atom stereocenters. The van der Waals surface area contributed by atoms with Crippen LogP contribution in [0.25, 0.3) is 5.76 Å². The number of ether oxygens (including phenoxy) is 3. The largest absolute Gasteiger partial charge is 0.507 e. The summed E-state index contributed by atoms with van der Waals surface area (Å²) >= 11 is 12.5. The van der Waals surface area contributed by atoms with E-state index in [4.69, 9.17) is 37.4 Å². The van der Waals surface area contributed by atoms with Crippen LogP contribution in [0.3, 0.4) is 0 Å². The average Bonchev–Trinajstić information content (AvgIpc) is 3.16. The molecule has 1 saturated heterocycles. The van der Waals surface area contributed by atoms with Gasteiger partial charge in [0.25, 0.3) is 11.7 Å². The third-order valence-electron chi connectivity index (χ3n) is 6.29. The maximum Gasteiger partial charge on any atom is 0.295 e. The number of amides is 1. The van der Waals surface area contributed by atoms with Crippen LogP contribution in [0.2, 0.25) is 10.0 Å². The van der Waals surface area contributed by atoms with Gasteiger partial charge in [-0.05, 0) is 53.9 Å². The standard InChI is InChI=1S/C28H24Cl2FNO6/c1-36-21-9-6-16(12-22(21)37-2)24-23(25(33)19-13-17(29)14-20(30)27(19)38-3)26(34)28(35)32(24)11-10-15-4-7-18(31)8-5-15/h4-9,12-14,24,33H,10-11H2,1-3H3/b25-23+. The molecule has 0 spiro atoms. The fourth-order valence-corrected chi connectivity index (χ4v) is 5.04. The number of nitrogens with zero attached hydrogens (tertiary/aromatic N) is 1. The van der Waals surface area contributed by atoms with Crippen molar-refractivity contribution in [3.63, 3.8) is 0 Å². The smallest absolute Gasteiger partial charge is 0.295 e. The van der Waals surface area contributed by atoms with Gasteiger partial charge in [0.2, 0.25) is 0 Å². The second kappa shape index (κ2) is 11.3. The molecule has 1 amide bonds. The lowest BCUT2D eigenvalue weighted by Crippen LogP contribution is -2.31. The van der Waals surface area contributed by atoms with E-state index in [1.165, 1.54) is 50.5 Å². The summed E-state index contributed by atoms with van der Waals surface area (Å²) in [6.07, 6.45) is 0.337. The van der Waals surface area contributed by atoms with E-state index in [1.807, 2.05) is 0 Å². The van der Waals surface area contributed by atoms with Crippen LogP contribution in [-0.2, 0) is 16.0 Å². The Balaban J connectivity index is 1.88. The molecular weight excluding hydrogens is 536 g/mol. The number of hydrogen-bond acceptors (Lipinski definition) is 6. The number of carbonyl (C=O) groups excluding carboxylic acids is 2. The van der Waals surface area contributed by atoms with Crippen LogP contribution < -0.4 is 14.2 Å². The monoisotopic (exact) mass is 559 g/mol. The number of aliphatic hydroxyl groups is 1. The van der Waals surface area contributed by atoms with Crippen molar-refractivity contribution >= 4 is 40.7 Å². The minimum absolute atomic E-state index is 0.0620. The third kappa shape index (κ3) is 5.14. The normalized spacial score (nSPS) is 16.6. The maximum atomic E-state index is 13.4. The highest BCUT2D eigenvalue weighted by molar-refractivity contribution is 6.46. The van der Waals surface area contributed by atoms with Crippen molar-refractivity contribution < 1.29 is 33.3 Å². The number of rotatable bonds is 8. The number of aliphatic hydroxyl groups excluding tert-OH is 1. The van der Waals surface area contributed by atoms with Crippen molar-refractivity contribution in [2.24, 2.45) is 0 Å². The summed E-state index contributed by atoms with van der Waals surface area (Å²) in [5.41, 5.74) is 1.15. The Morgan fingerprint density at radius 1 is 0.947 bits per heavy atom.